The van der Waals surface area contributed by atoms with Gasteiger partial charge >= 0.3 is 0 Å². The van der Waals surface area contributed by atoms with Crippen LogP contribution in [0, 0.1) is 13.8 Å². The number of hydrogen-bond donors (Lipinski definition) is 1. The van der Waals surface area contributed by atoms with Crippen molar-refractivity contribution in [3.05, 3.63) is 33.8 Å². The molecule has 0 aliphatic heterocycles. The number of halogens is 1. The highest BCUT2D eigenvalue weighted by atomic mass is 79.9. The lowest BCUT2D eigenvalue weighted by Crippen LogP contribution is -1.97. The first-order valence-electron chi connectivity index (χ1n) is 5.52. The number of methoxy groups -OCH3 is 1. The Hall–Kier alpha value is -1.89. The smallest absolute Gasteiger partial charge is 0.166 e. The van der Waals surface area contributed by atoms with Crippen molar-refractivity contribution in [2.75, 3.05) is 7.11 Å². The summed E-state index contributed by atoms with van der Waals surface area (Å²) in [6.07, 6.45) is 1.53. The fourth-order valence-corrected chi connectivity index (χ4v) is 2.05. The quantitative estimate of drug-likeness (QED) is 0.879. The molecule has 2 rings (SSSR count). The fraction of sp³-hybridized carbons (Fsp3) is 0.250. The third-order valence-electron chi connectivity index (χ3n) is 2.55. The third kappa shape index (κ3) is 2.76. The maximum Gasteiger partial charge on any atom is 0.166 e. The Labute approximate surface area is 118 Å². The first-order chi connectivity index (χ1) is 9.02. The molecule has 1 heterocycles. The number of phenols is 1. The van der Waals surface area contributed by atoms with E-state index in [1.54, 1.807) is 30.7 Å². The van der Waals surface area contributed by atoms with E-state index in [-0.39, 0.29) is 5.75 Å². The van der Waals surface area contributed by atoms with Gasteiger partial charge in [-0.15, -0.1) is 10.2 Å². The largest absolute Gasteiger partial charge is 0.504 e. The van der Waals surface area contributed by atoms with Crippen LogP contribution in [0.5, 0.6) is 11.5 Å². The van der Waals surface area contributed by atoms with Crippen LogP contribution in [-0.4, -0.2) is 33.3 Å². The Morgan fingerprint density at radius 1 is 1.32 bits per heavy atom. The van der Waals surface area contributed by atoms with E-state index in [0.29, 0.717) is 23.0 Å². The molecule has 0 spiro atoms. The molecule has 0 saturated heterocycles. The summed E-state index contributed by atoms with van der Waals surface area (Å²) in [5.41, 5.74) is 0.540. The molecule has 0 saturated carbocycles. The zero-order valence-electron chi connectivity index (χ0n) is 10.8. The fourth-order valence-electron chi connectivity index (χ4n) is 1.60. The molecule has 0 fully saturated rings. The van der Waals surface area contributed by atoms with Crippen molar-refractivity contribution in [2.24, 2.45) is 5.10 Å². The molecule has 0 unspecified atom stereocenters. The van der Waals surface area contributed by atoms with Gasteiger partial charge in [0.05, 0.1) is 13.3 Å². The summed E-state index contributed by atoms with van der Waals surface area (Å²) in [6.45, 7) is 3.61. The SMILES string of the molecule is COc1cc(Br)cc(/C=N\n2c(C)nnc2C)c1O. The summed E-state index contributed by atoms with van der Waals surface area (Å²) in [6, 6.07) is 3.43. The van der Waals surface area contributed by atoms with Crippen molar-refractivity contribution in [3.8, 4) is 11.5 Å². The summed E-state index contributed by atoms with van der Waals surface area (Å²) >= 11 is 3.35. The molecule has 0 amide bonds. The lowest BCUT2D eigenvalue weighted by atomic mass is 10.2. The topological polar surface area (TPSA) is 72.5 Å². The number of aromatic nitrogens is 3. The van der Waals surface area contributed by atoms with Crippen LogP contribution in [0.25, 0.3) is 0 Å². The minimum atomic E-state index is 0.0397. The van der Waals surface area contributed by atoms with E-state index >= 15 is 0 Å². The van der Waals surface area contributed by atoms with Crippen LogP contribution < -0.4 is 4.74 Å². The molecule has 1 aromatic heterocycles. The van der Waals surface area contributed by atoms with Gasteiger partial charge in [0.2, 0.25) is 0 Å². The predicted molar refractivity (Wildman–Crippen MR) is 74.8 cm³/mol. The Kier molecular flexibility index (Phi) is 3.84. The van der Waals surface area contributed by atoms with Crippen molar-refractivity contribution in [1.29, 1.82) is 0 Å². The maximum atomic E-state index is 10.0. The summed E-state index contributed by atoms with van der Waals surface area (Å²) in [5.74, 6) is 1.77. The molecule has 19 heavy (non-hydrogen) atoms. The van der Waals surface area contributed by atoms with Crippen LogP contribution in [0.3, 0.4) is 0 Å². The molecule has 0 aliphatic rings. The maximum absolute atomic E-state index is 10.0. The molecule has 1 N–H and O–H groups in total. The Morgan fingerprint density at radius 3 is 2.53 bits per heavy atom. The van der Waals surface area contributed by atoms with Crippen molar-refractivity contribution in [3.63, 3.8) is 0 Å². The van der Waals surface area contributed by atoms with Gasteiger partial charge in [-0.1, -0.05) is 15.9 Å². The average molecular weight is 325 g/mol. The second-order valence-electron chi connectivity index (χ2n) is 3.90. The number of hydrogen-bond acceptors (Lipinski definition) is 5. The van der Waals surface area contributed by atoms with E-state index in [1.807, 2.05) is 0 Å². The van der Waals surface area contributed by atoms with E-state index < -0.39 is 0 Å². The number of aromatic hydroxyl groups is 1. The summed E-state index contributed by atoms with van der Waals surface area (Å²) in [4.78, 5) is 0. The molecule has 6 nitrogen and oxygen atoms in total. The van der Waals surface area contributed by atoms with Crippen molar-refractivity contribution >= 4 is 22.1 Å². The number of ether oxygens (including phenoxy) is 1. The second-order valence-corrected chi connectivity index (χ2v) is 4.81. The van der Waals surface area contributed by atoms with Gasteiger partial charge in [0, 0.05) is 10.0 Å². The first kappa shape index (κ1) is 13.5. The molecular formula is C12H13BrN4O2. The highest BCUT2D eigenvalue weighted by Crippen LogP contribution is 2.32. The zero-order valence-corrected chi connectivity index (χ0v) is 12.3. The standard InChI is InChI=1S/C12H13BrN4O2/c1-7-15-16-8(2)17(7)14-6-9-4-10(13)5-11(19-3)12(9)18/h4-6,18H,1-3H3/b14-6-. The molecule has 7 heteroatoms. The van der Waals surface area contributed by atoms with Crippen molar-refractivity contribution < 1.29 is 9.84 Å². The number of benzene rings is 1. The highest BCUT2D eigenvalue weighted by Gasteiger charge is 2.09. The number of nitrogens with zero attached hydrogens (tertiary/aromatic N) is 4. The molecule has 0 aliphatic carbocycles. The van der Waals surface area contributed by atoms with Gasteiger partial charge in [0.1, 0.15) is 0 Å². The highest BCUT2D eigenvalue weighted by molar-refractivity contribution is 9.10. The van der Waals surface area contributed by atoms with Crippen LogP contribution in [0.2, 0.25) is 0 Å². The third-order valence-corrected chi connectivity index (χ3v) is 3.01. The first-order valence-corrected chi connectivity index (χ1v) is 6.31. The van der Waals surface area contributed by atoms with Gasteiger partial charge < -0.3 is 9.84 Å². The van der Waals surface area contributed by atoms with Gasteiger partial charge in [-0.2, -0.15) is 5.10 Å². The van der Waals surface area contributed by atoms with Gasteiger partial charge in [-0.3, -0.25) is 0 Å². The molecule has 1 aromatic carbocycles. The van der Waals surface area contributed by atoms with E-state index in [4.69, 9.17) is 4.74 Å². The van der Waals surface area contributed by atoms with Gasteiger partial charge in [0.15, 0.2) is 23.1 Å². The summed E-state index contributed by atoms with van der Waals surface area (Å²) < 4.78 is 7.46. The van der Waals surface area contributed by atoms with Gasteiger partial charge in [-0.25, -0.2) is 4.68 Å². The van der Waals surface area contributed by atoms with Crippen LogP contribution in [-0.2, 0) is 0 Å². The normalized spacial score (nSPS) is 11.2. The molecule has 0 radical (unpaired) electrons. The average Bonchev–Trinajstić information content (AvgIpc) is 2.70. The van der Waals surface area contributed by atoms with Crippen molar-refractivity contribution in [2.45, 2.75) is 13.8 Å². The molecular weight excluding hydrogens is 312 g/mol. The van der Waals surface area contributed by atoms with Gasteiger partial charge in [-0.05, 0) is 26.0 Å². The Balaban J connectivity index is 2.41. The summed E-state index contributed by atoms with van der Waals surface area (Å²) in [7, 11) is 1.50. The Morgan fingerprint density at radius 2 is 1.95 bits per heavy atom. The van der Waals surface area contributed by atoms with Crippen LogP contribution >= 0.6 is 15.9 Å². The van der Waals surface area contributed by atoms with Crippen LogP contribution in [0.1, 0.15) is 17.2 Å². The monoisotopic (exact) mass is 324 g/mol. The van der Waals surface area contributed by atoms with E-state index in [1.165, 1.54) is 13.3 Å². The lowest BCUT2D eigenvalue weighted by Gasteiger charge is -2.06. The van der Waals surface area contributed by atoms with Crippen molar-refractivity contribution in [1.82, 2.24) is 14.9 Å². The van der Waals surface area contributed by atoms with Crippen LogP contribution in [0.15, 0.2) is 21.7 Å². The second kappa shape index (κ2) is 5.40. The predicted octanol–water partition coefficient (Wildman–Crippen LogP) is 2.25. The van der Waals surface area contributed by atoms with E-state index in [9.17, 15) is 5.11 Å². The van der Waals surface area contributed by atoms with Gasteiger partial charge in [0.25, 0.3) is 0 Å². The lowest BCUT2D eigenvalue weighted by molar-refractivity contribution is 0.373. The van der Waals surface area contributed by atoms with E-state index in [2.05, 4.69) is 31.2 Å². The molecule has 2 aromatic rings. The van der Waals surface area contributed by atoms with Crippen LogP contribution in [0.4, 0.5) is 0 Å². The molecule has 100 valence electrons. The minimum absolute atomic E-state index is 0.0397. The van der Waals surface area contributed by atoms with E-state index in [0.717, 1.165) is 4.47 Å². The Bertz CT molecular complexity index is 617. The number of phenolic OH excluding ortho intramolecular Hbond substituents is 1. The zero-order chi connectivity index (χ0) is 14.0. The number of rotatable bonds is 3. The molecule has 0 bridgehead atoms. The summed E-state index contributed by atoms with van der Waals surface area (Å²) in [5, 5.41) is 22.1. The minimum Gasteiger partial charge on any atom is -0.504 e. The number of aryl methyl sites for hydroxylation is 2. The molecule has 0 atom stereocenters.